The van der Waals surface area contributed by atoms with Crippen molar-refractivity contribution in [2.24, 2.45) is 5.41 Å². The Bertz CT molecular complexity index is 696. The maximum Gasteiger partial charge on any atom is 0.162 e. The normalized spacial score (nSPS) is 25.0. The quantitative estimate of drug-likeness (QED) is 0.853. The number of fused-ring (bicyclic) bond motifs is 1. The number of benzene rings is 1. The zero-order chi connectivity index (χ0) is 15.7. The van der Waals surface area contributed by atoms with Crippen molar-refractivity contribution in [3.8, 4) is 5.75 Å². The molecule has 0 saturated heterocycles. The molecule has 0 aromatic heterocycles. The van der Waals surface area contributed by atoms with E-state index in [4.69, 9.17) is 4.74 Å². The molecule has 1 saturated carbocycles. The molecule has 3 heteroatoms. The van der Waals surface area contributed by atoms with Crippen LogP contribution in [0.1, 0.15) is 38.2 Å². The number of carbonyl (C=O) groups excluding carboxylic acids is 2. The summed E-state index contributed by atoms with van der Waals surface area (Å²) in [5.74, 6) is 1.22. The van der Waals surface area contributed by atoms with Crippen molar-refractivity contribution in [3.05, 3.63) is 47.1 Å². The zero-order valence-corrected chi connectivity index (χ0v) is 13.0. The van der Waals surface area contributed by atoms with Gasteiger partial charge in [0, 0.05) is 23.8 Å². The van der Waals surface area contributed by atoms with E-state index in [0.717, 1.165) is 28.9 Å². The molecule has 22 heavy (non-hydrogen) atoms. The fourth-order valence-electron chi connectivity index (χ4n) is 3.47. The highest BCUT2D eigenvalue weighted by atomic mass is 16.5. The molecule has 0 spiro atoms. The van der Waals surface area contributed by atoms with Crippen LogP contribution in [-0.4, -0.2) is 18.7 Å². The van der Waals surface area contributed by atoms with Crippen molar-refractivity contribution in [1.29, 1.82) is 0 Å². The number of allylic oxidation sites excluding steroid dienone is 3. The molecule has 3 rings (SSSR count). The van der Waals surface area contributed by atoms with Crippen molar-refractivity contribution < 1.29 is 14.3 Å². The van der Waals surface area contributed by atoms with Crippen molar-refractivity contribution in [2.45, 2.75) is 32.6 Å². The molecule has 1 atom stereocenters. The first-order valence-electron chi connectivity index (χ1n) is 7.67. The Morgan fingerprint density at radius 1 is 1.14 bits per heavy atom. The molecule has 3 nitrogen and oxygen atoms in total. The predicted octanol–water partition coefficient (Wildman–Crippen LogP) is 3.74. The van der Waals surface area contributed by atoms with E-state index < -0.39 is 5.41 Å². The Morgan fingerprint density at radius 2 is 1.95 bits per heavy atom. The van der Waals surface area contributed by atoms with Crippen LogP contribution < -0.4 is 4.74 Å². The van der Waals surface area contributed by atoms with E-state index in [1.807, 2.05) is 43.3 Å². The van der Waals surface area contributed by atoms with Crippen molar-refractivity contribution >= 4 is 17.6 Å². The van der Waals surface area contributed by atoms with Crippen molar-refractivity contribution in [1.82, 2.24) is 0 Å². The van der Waals surface area contributed by atoms with Gasteiger partial charge in [0.1, 0.15) is 11.5 Å². The maximum absolute atomic E-state index is 12.3. The highest BCUT2D eigenvalue weighted by Gasteiger charge is 2.46. The highest BCUT2D eigenvalue weighted by molar-refractivity contribution is 6.05. The number of Topliss-reactive ketones (excluding diaryl/α,β-unsaturated/α-hetero) is 2. The van der Waals surface area contributed by atoms with Gasteiger partial charge in [-0.05, 0) is 43.0 Å². The molecule has 2 aliphatic rings. The number of hydrogen-bond acceptors (Lipinski definition) is 3. The van der Waals surface area contributed by atoms with Crippen LogP contribution in [0, 0.1) is 5.41 Å². The van der Waals surface area contributed by atoms with E-state index in [1.54, 1.807) is 7.11 Å². The van der Waals surface area contributed by atoms with Crippen LogP contribution in [0.15, 0.2) is 41.5 Å². The van der Waals surface area contributed by atoms with Crippen LogP contribution in [0.5, 0.6) is 5.75 Å². The fourth-order valence-corrected chi connectivity index (χ4v) is 3.47. The molecule has 1 aromatic rings. The number of hydrogen-bond donors (Lipinski definition) is 0. The minimum absolute atomic E-state index is 0.154. The fraction of sp³-hybridized carbons (Fsp3) is 0.368. The van der Waals surface area contributed by atoms with Crippen molar-refractivity contribution in [3.63, 3.8) is 0 Å². The Balaban J connectivity index is 1.97. The summed E-state index contributed by atoms with van der Waals surface area (Å²) in [6.45, 7) is 1.99. The van der Waals surface area contributed by atoms with E-state index in [-0.39, 0.29) is 11.6 Å². The zero-order valence-electron chi connectivity index (χ0n) is 13.0. The lowest BCUT2D eigenvalue weighted by molar-refractivity contribution is -0.125. The SMILES string of the molecule is COc1cccc(C=CC2=C3CCC(=O)[C@]3(C)CCC2=O)c1. The summed E-state index contributed by atoms with van der Waals surface area (Å²) in [4.78, 5) is 24.4. The second-order valence-electron chi connectivity index (χ2n) is 6.18. The van der Waals surface area contributed by atoms with Gasteiger partial charge in [0.05, 0.1) is 7.11 Å². The van der Waals surface area contributed by atoms with E-state index in [0.29, 0.717) is 19.3 Å². The van der Waals surface area contributed by atoms with Gasteiger partial charge in [-0.1, -0.05) is 24.3 Å². The molecule has 0 N–H and O–H groups in total. The van der Waals surface area contributed by atoms with Gasteiger partial charge >= 0.3 is 0 Å². The van der Waals surface area contributed by atoms with Gasteiger partial charge < -0.3 is 4.74 Å². The summed E-state index contributed by atoms with van der Waals surface area (Å²) >= 11 is 0. The number of methoxy groups -OCH3 is 1. The summed E-state index contributed by atoms with van der Waals surface area (Å²) in [5.41, 5.74) is 2.34. The lowest BCUT2D eigenvalue weighted by atomic mass is 9.72. The van der Waals surface area contributed by atoms with E-state index >= 15 is 0 Å². The second kappa shape index (κ2) is 5.56. The number of carbonyl (C=O) groups is 2. The average molecular weight is 296 g/mol. The smallest absolute Gasteiger partial charge is 0.162 e. The number of ether oxygens (including phenoxy) is 1. The lowest BCUT2D eigenvalue weighted by Crippen LogP contribution is -2.30. The standard InChI is InChI=1S/C19H20O3/c1-19-11-10-17(20)15(16(19)8-9-18(19)21)7-6-13-4-3-5-14(12-13)22-2/h3-7,12H,8-11H2,1-2H3/t19-/m1/s1. The van der Waals surface area contributed by atoms with E-state index in [9.17, 15) is 9.59 Å². The van der Waals surface area contributed by atoms with Crippen LogP contribution in [0.25, 0.3) is 6.08 Å². The molecule has 0 unspecified atom stereocenters. The molecular weight excluding hydrogens is 276 g/mol. The first kappa shape index (κ1) is 14.8. The van der Waals surface area contributed by atoms with Gasteiger partial charge in [0.15, 0.2) is 5.78 Å². The van der Waals surface area contributed by atoms with Gasteiger partial charge in [-0.25, -0.2) is 0 Å². The molecule has 0 radical (unpaired) electrons. The van der Waals surface area contributed by atoms with Gasteiger partial charge in [-0.3, -0.25) is 9.59 Å². The van der Waals surface area contributed by atoms with Crippen LogP contribution in [0.2, 0.25) is 0 Å². The Labute approximate surface area is 130 Å². The topological polar surface area (TPSA) is 43.4 Å². The van der Waals surface area contributed by atoms with E-state index in [1.165, 1.54) is 0 Å². The molecule has 0 bridgehead atoms. The summed E-state index contributed by atoms with van der Waals surface area (Å²) in [6.07, 6.45) is 6.22. The lowest BCUT2D eigenvalue weighted by Gasteiger charge is -2.30. The minimum Gasteiger partial charge on any atom is -0.497 e. The van der Waals surface area contributed by atoms with Gasteiger partial charge in [0.2, 0.25) is 0 Å². The summed E-state index contributed by atoms with van der Waals surface area (Å²) < 4.78 is 5.21. The average Bonchev–Trinajstić information content (AvgIpc) is 2.83. The molecule has 1 aromatic carbocycles. The molecule has 114 valence electrons. The third-order valence-corrected chi connectivity index (χ3v) is 4.90. The molecule has 1 fully saturated rings. The molecule has 0 heterocycles. The largest absolute Gasteiger partial charge is 0.497 e. The van der Waals surface area contributed by atoms with Crippen LogP contribution in [0.4, 0.5) is 0 Å². The predicted molar refractivity (Wildman–Crippen MR) is 85.6 cm³/mol. The second-order valence-corrected chi connectivity index (χ2v) is 6.18. The summed E-state index contributed by atoms with van der Waals surface area (Å²) in [7, 11) is 1.63. The monoisotopic (exact) mass is 296 g/mol. The first-order chi connectivity index (χ1) is 10.5. The van der Waals surface area contributed by atoms with Gasteiger partial charge in [-0.15, -0.1) is 0 Å². The van der Waals surface area contributed by atoms with Crippen molar-refractivity contribution in [2.75, 3.05) is 7.11 Å². The Kier molecular flexibility index (Phi) is 3.73. The van der Waals surface area contributed by atoms with Gasteiger partial charge in [0.25, 0.3) is 0 Å². The Morgan fingerprint density at radius 3 is 2.73 bits per heavy atom. The summed E-state index contributed by atoms with van der Waals surface area (Å²) in [5, 5.41) is 0. The van der Waals surface area contributed by atoms with Gasteiger partial charge in [-0.2, -0.15) is 0 Å². The summed E-state index contributed by atoms with van der Waals surface area (Å²) in [6, 6.07) is 7.70. The third kappa shape index (κ3) is 2.41. The van der Waals surface area contributed by atoms with E-state index in [2.05, 4.69) is 0 Å². The third-order valence-electron chi connectivity index (χ3n) is 4.90. The number of ketones is 2. The minimum atomic E-state index is -0.415. The molecular formula is C19H20O3. The van der Waals surface area contributed by atoms with Crippen LogP contribution >= 0.6 is 0 Å². The maximum atomic E-state index is 12.3. The highest BCUT2D eigenvalue weighted by Crippen LogP contribution is 2.48. The number of rotatable bonds is 3. The van der Waals surface area contributed by atoms with Crippen LogP contribution in [-0.2, 0) is 9.59 Å². The van der Waals surface area contributed by atoms with Crippen LogP contribution in [0.3, 0.4) is 0 Å². The molecule has 0 aliphatic heterocycles. The molecule has 0 amide bonds. The Hall–Kier alpha value is -2.16. The first-order valence-corrected chi connectivity index (χ1v) is 7.67. The molecule has 2 aliphatic carbocycles.